The van der Waals surface area contributed by atoms with E-state index in [0.29, 0.717) is 5.69 Å². The van der Waals surface area contributed by atoms with Crippen molar-refractivity contribution in [1.82, 2.24) is 4.98 Å². The number of anilines is 2. The third-order valence-electron chi connectivity index (χ3n) is 3.06. The topological polar surface area (TPSA) is 58.4 Å². The normalized spacial score (nSPS) is 10.4. The van der Waals surface area contributed by atoms with E-state index in [2.05, 4.69) is 29.0 Å². The minimum Gasteiger partial charge on any atom is -0.459 e. The van der Waals surface area contributed by atoms with Crippen LogP contribution in [0.15, 0.2) is 41.1 Å². The predicted molar refractivity (Wildman–Crippen MR) is 83.7 cm³/mol. The van der Waals surface area contributed by atoms with Crippen molar-refractivity contribution in [2.75, 3.05) is 23.3 Å². The molecule has 0 aliphatic rings. The van der Waals surface area contributed by atoms with Gasteiger partial charge in [0.05, 0.1) is 18.1 Å². The van der Waals surface area contributed by atoms with Crippen LogP contribution in [0, 0.1) is 0 Å². The lowest BCUT2D eigenvalue weighted by atomic mass is 10.3. The Labute approximate surface area is 125 Å². The van der Waals surface area contributed by atoms with Crippen LogP contribution in [0.5, 0.6) is 0 Å². The lowest BCUT2D eigenvalue weighted by Gasteiger charge is -2.22. The third kappa shape index (κ3) is 4.08. The Morgan fingerprint density at radius 3 is 2.52 bits per heavy atom. The van der Waals surface area contributed by atoms with Crippen molar-refractivity contribution in [1.29, 1.82) is 0 Å². The van der Waals surface area contributed by atoms with Crippen molar-refractivity contribution in [3.8, 4) is 0 Å². The van der Waals surface area contributed by atoms with Gasteiger partial charge in [0.1, 0.15) is 5.82 Å². The second-order valence-electron chi connectivity index (χ2n) is 4.82. The first kappa shape index (κ1) is 15.1. The van der Waals surface area contributed by atoms with E-state index >= 15 is 0 Å². The zero-order valence-electron chi connectivity index (χ0n) is 12.5. The Kier molecular flexibility index (Phi) is 5.37. The first-order valence-corrected chi connectivity index (χ1v) is 7.30. The Bertz CT molecular complexity index is 543. The molecule has 1 N–H and O–H groups in total. The van der Waals surface area contributed by atoms with Crippen molar-refractivity contribution < 1.29 is 9.21 Å². The standard InChI is InChI=1S/C16H21N3O2/c1-3-9-19(10-4-2)15-8-7-13(12-17-15)18-16(20)14-6-5-11-21-14/h5-8,11-12H,3-4,9-10H2,1-2H3,(H,18,20). The molecule has 0 fully saturated rings. The Balaban J connectivity index is 2.02. The third-order valence-corrected chi connectivity index (χ3v) is 3.06. The molecule has 2 aromatic rings. The summed E-state index contributed by atoms with van der Waals surface area (Å²) >= 11 is 0. The summed E-state index contributed by atoms with van der Waals surface area (Å²) in [6, 6.07) is 7.11. The van der Waals surface area contributed by atoms with E-state index in [4.69, 9.17) is 4.42 Å². The largest absolute Gasteiger partial charge is 0.459 e. The molecule has 2 aromatic heterocycles. The number of pyridine rings is 1. The smallest absolute Gasteiger partial charge is 0.291 e. The zero-order valence-corrected chi connectivity index (χ0v) is 12.5. The van der Waals surface area contributed by atoms with Crippen LogP contribution in [0.1, 0.15) is 37.2 Å². The molecular formula is C16H21N3O2. The van der Waals surface area contributed by atoms with E-state index in [1.807, 2.05) is 12.1 Å². The number of rotatable bonds is 7. The summed E-state index contributed by atoms with van der Waals surface area (Å²) < 4.78 is 5.05. The van der Waals surface area contributed by atoms with E-state index in [-0.39, 0.29) is 11.7 Å². The Morgan fingerprint density at radius 2 is 2.00 bits per heavy atom. The van der Waals surface area contributed by atoms with Crippen molar-refractivity contribution in [2.24, 2.45) is 0 Å². The number of nitrogens with one attached hydrogen (secondary N) is 1. The average Bonchev–Trinajstić information content (AvgIpc) is 3.02. The number of furan rings is 1. The van der Waals surface area contributed by atoms with Crippen molar-refractivity contribution >= 4 is 17.4 Å². The van der Waals surface area contributed by atoms with Gasteiger partial charge in [0.15, 0.2) is 5.76 Å². The van der Waals surface area contributed by atoms with Crippen LogP contribution in [-0.4, -0.2) is 24.0 Å². The summed E-state index contributed by atoms with van der Waals surface area (Å²) in [7, 11) is 0. The summed E-state index contributed by atoms with van der Waals surface area (Å²) in [5.74, 6) is 0.959. The fourth-order valence-corrected chi connectivity index (χ4v) is 2.13. The highest BCUT2D eigenvalue weighted by molar-refractivity contribution is 6.02. The molecule has 2 rings (SSSR count). The number of carbonyl (C=O) groups excluding carboxylic acids is 1. The number of hydrogen-bond acceptors (Lipinski definition) is 4. The molecule has 2 heterocycles. The van der Waals surface area contributed by atoms with Gasteiger partial charge in [0, 0.05) is 13.1 Å². The molecule has 0 aromatic carbocycles. The van der Waals surface area contributed by atoms with Crippen LogP contribution < -0.4 is 10.2 Å². The first-order valence-electron chi connectivity index (χ1n) is 7.30. The van der Waals surface area contributed by atoms with Gasteiger partial charge in [-0.2, -0.15) is 0 Å². The molecule has 5 heteroatoms. The fourth-order valence-electron chi connectivity index (χ4n) is 2.13. The van der Waals surface area contributed by atoms with Crippen molar-refractivity contribution in [3.63, 3.8) is 0 Å². The predicted octanol–water partition coefficient (Wildman–Crippen LogP) is 3.55. The maximum absolute atomic E-state index is 11.9. The Hall–Kier alpha value is -2.30. The summed E-state index contributed by atoms with van der Waals surface area (Å²) in [6.45, 7) is 6.28. The minimum absolute atomic E-state index is 0.270. The van der Waals surface area contributed by atoms with Crippen LogP contribution in [0.4, 0.5) is 11.5 Å². The van der Waals surface area contributed by atoms with E-state index in [1.165, 1.54) is 6.26 Å². The summed E-state index contributed by atoms with van der Waals surface area (Å²) in [4.78, 5) is 18.5. The van der Waals surface area contributed by atoms with Gasteiger partial charge in [0.25, 0.3) is 5.91 Å². The molecule has 0 radical (unpaired) electrons. The van der Waals surface area contributed by atoms with Crippen molar-refractivity contribution in [3.05, 3.63) is 42.5 Å². The number of aromatic nitrogens is 1. The molecule has 0 spiro atoms. The van der Waals surface area contributed by atoms with Gasteiger partial charge in [-0.3, -0.25) is 4.79 Å². The van der Waals surface area contributed by atoms with Crippen LogP contribution in [-0.2, 0) is 0 Å². The van der Waals surface area contributed by atoms with Gasteiger partial charge in [-0.15, -0.1) is 0 Å². The lowest BCUT2D eigenvalue weighted by Crippen LogP contribution is -2.25. The maximum Gasteiger partial charge on any atom is 0.291 e. The second-order valence-corrected chi connectivity index (χ2v) is 4.82. The average molecular weight is 287 g/mol. The quantitative estimate of drug-likeness (QED) is 0.846. The Morgan fingerprint density at radius 1 is 1.24 bits per heavy atom. The van der Waals surface area contributed by atoms with Crippen molar-refractivity contribution in [2.45, 2.75) is 26.7 Å². The first-order chi connectivity index (χ1) is 10.2. The molecule has 5 nitrogen and oxygen atoms in total. The van der Waals surface area contributed by atoms with E-state index in [9.17, 15) is 4.79 Å². The van der Waals surface area contributed by atoms with Gasteiger partial charge in [0.2, 0.25) is 0 Å². The van der Waals surface area contributed by atoms with Crippen LogP contribution in [0.2, 0.25) is 0 Å². The monoisotopic (exact) mass is 287 g/mol. The highest BCUT2D eigenvalue weighted by atomic mass is 16.3. The van der Waals surface area contributed by atoms with Gasteiger partial charge in [-0.1, -0.05) is 13.8 Å². The molecule has 0 aliphatic carbocycles. The molecule has 0 aliphatic heterocycles. The number of carbonyl (C=O) groups is 1. The highest BCUT2D eigenvalue weighted by Crippen LogP contribution is 2.16. The number of nitrogens with zero attached hydrogens (tertiary/aromatic N) is 2. The molecule has 112 valence electrons. The number of hydrogen-bond donors (Lipinski definition) is 1. The van der Waals surface area contributed by atoms with E-state index in [0.717, 1.165) is 31.7 Å². The van der Waals surface area contributed by atoms with Gasteiger partial charge < -0.3 is 14.6 Å². The van der Waals surface area contributed by atoms with Gasteiger partial charge in [-0.05, 0) is 37.1 Å². The van der Waals surface area contributed by atoms with Gasteiger partial charge >= 0.3 is 0 Å². The molecule has 21 heavy (non-hydrogen) atoms. The SMILES string of the molecule is CCCN(CCC)c1ccc(NC(=O)c2ccco2)cn1. The molecule has 1 amide bonds. The molecule has 0 atom stereocenters. The summed E-state index contributed by atoms with van der Waals surface area (Å²) in [5.41, 5.74) is 0.660. The highest BCUT2D eigenvalue weighted by Gasteiger charge is 2.10. The fraction of sp³-hybridized carbons (Fsp3) is 0.375. The second kappa shape index (κ2) is 7.47. The van der Waals surface area contributed by atoms with Gasteiger partial charge in [-0.25, -0.2) is 4.98 Å². The summed E-state index contributed by atoms with van der Waals surface area (Å²) in [5, 5.41) is 2.76. The minimum atomic E-state index is -0.270. The van der Waals surface area contributed by atoms with Crippen LogP contribution in [0.25, 0.3) is 0 Å². The molecule has 0 saturated heterocycles. The maximum atomic E-state index is 11.9. The molecular weight excluding hydrogens is 266 g/mol. The molecule has 0 saturated carbocycles. The molecule has 0 bridgehead atoms. The number of amides is 1. The van der Waals surface area contributed by atoms with E-state index in [1.54, 1.807) is 18.3 Å². The van der Waals surface area contributed by atoms with Crippen LogP contribution >= 0.6 is 0 Å². The summed E-state index contributed by atoms with van der Waals surface area (Å²) in [6.07, 6.45) is 5.31. The molecule has 0 unspecified atom stereocenters. The van der Waals surface area contributed by atoms with Crippen LogP contribution in [0.3, 0.4) is 0 Å². The lowest BCUT2D eigenvalue weighted by molar-refractivity contribution is 0.0996. The van der Waals surface area contributed by atoms with E-state index < -0.39 is 0 Å². The zero-order chi connectivity index (χ0) is 15.1.